The molecule has 0 N–H and O–H groups in total. The lowest BCUT2D eigenvalue weighted by Crippen LogP contribution is -2.50. The maximum atomic E-state index is 12.8. The topological polar surface area (TPSA) is 41.9 Å². The first kappa shape index (κ1) is 15.3. The SMILES string of the molecule is CC1CCN(C(=O)C2(C)CC(c3ccccc3Cl)=NO2)CC1. The van der Waals surface area contributed by atoms with Gasteiger partial charge in [0.25, 0.3) is 5.91 Å². The fourth-order valence-corrected chi connectivity index (χ4v) is 3.29. The molecule has 0 saturated carbocycles. The zero-order valence-corrected chi connectivity index (χ0v) is 13.8. The standard InChI is InChI=1S/C17H21ClN2O2/c1-12-7-9-20(10-8-12)16(21)17(2)11-15(19-22-17)13-5-3-4-6-14(13)18/h3-6,12H,7-11H2,1-2H3. The van der Waals surface area contributed by atoms with E-state index in [0.717, 1.165) is 37.2 Å². The quantitative estimate of drug-likeness (QED) is 0.837. The largest absolute Gasteiger partial charge is 0.379 e. The van der Waals surface area contributed by atoms with Gasteiger partial charge in [-0.2, -0.15) is 0 Å². The van der Waals surface area contributed by atoms with Gasteiger partial charge in [-0.1, -0.05) is 41.9 Å². The molecule has 1 aromatic rings. The lowest BCUT2D eigenvalue weighted by molar-refractivity contribution is -0.154. The van der Waals surface area contributed by atoms with Crippen LogP contribution in [0.2, 0.25) is 5.02 Å². The monoisotopic (exact) mass is 320 g/mol. The summed E-state index contributed by atoms with van der Waals surface area (Å²) in [4.78, 5) is 20.2. The zero-order valence-electron chi connectivity index (χ0n) is 13.0. The summed E-state index contributed by atoms with van der Waals surface area (Å²) in [5.41, 5.74) is 0.675. The molecular weight excluding hydrogens is 300 g/mol. The molecule has 0 aliphatic carbocycles. The summed E-state index contributed by atoms with van der Waals surface area (Å²) >= 11 is 6.21. The van der Waals surface area contributed by atoms with Gasteiger partial charge in [0.15, 0.2) is 0 Å². The van der Waals surface area contributed by atoms with Crippen LogP contribution in [0.3, 0.4) is 0 Å². The second-order valence-corrected chi connectivity index (χ2v) is 6.90. The van der Waals surface area contributed by atoms with Crippen molar-refractivity contribution in [1.82, 2.24) is 4.90 Å². The number of oxime groups is 1. The molecule has 1 aromatic carbocycles. The van der Waals surface area contributed by atoms with E-state index in [9.17, 15) is 4.79 Å². The summed E-state index contributed by atoms with van der Waals surface area (Å²) in [7, 11) is 0. The van der Waals surface area contributed by atoms with Gasteiger partial charge in [0.2, 0.25) is 5.60 Å². The van der Waals surface area contributed by atoms with E-state index in [0.29, 0.717) is 17.4 Å². The number of piperidine rings is 1. The number of carbonyl (C=O) groups excluding carboxylic acids is 1. The fraction of sp³-hybridized carbons (Fsp3) is 0.529. The third-order valence-electron chi connectivity index (χ3n) is 4.57. The molecule has 1 unspecified atom stereocenters. The lowest BCUT2D eigenvalue weighted by atomic mass is 9.92. The first-order valence-electron chi connectivity index (χ1n) is 7.79. The Hall–Kier alpha value is -1.55. The molecule has 0 aromatic heterocycles. The minimum atomic E-state index is -0.908. The van der Waals surface area contributed by atoms with Crippen LogP contribution >= 0.6 is 11.6 Å². The van der Waals surface area contributed by atoms with Crippen LogP contribution in [0.15, 0.2) is 29.4 Å². The third kappa shape index (κ3) is 2.84. The number of carbonyl (C=O) groups is 1. The number of nitrogens with zero attached hydrogens (tertiary/aromatic N) is 2. The molecule has 1 fully saturated rings. The number of likely N-dealkylation sites (tertiary alicyclic amines) is 1. The highest BCUT2D eigenvalue weighted by Crippen LogP contribution is 2.32. The van der Waals surface area contributed by atoms with Crippen molar-refractivity contribution in [1.29, 1.82) is 0 Å². The van der Waals surface area contributed by atoms with Crippen molar-refractivity contribution in [2.75, 3.05) is 13.1 Å². The predicted molar refractivity (Wildman–Crippen MR) is 87.1 cm³/mol. The van der Waals surface area contributed by atoms with E-state index in [-0.39, 0.29) is 5.91 Å². The first-order valence-corrected chi connectivity index (χ1v) is 8.17. The predicted octanol–water partition coefficient (Wildman–Crippen LogP) is 3.48. The van der Waals surface area contributed by atoms with E-state index in [4.69, 9.17) is 16.4 Å². The highest BCUT2D eigenvalue weighted by Gasteiger charge is 2.45. The van der Waals surface area contributed by atoms with Crippen molar-refractivity contribution in [3.05, 3.63) is 34.9 Å². The average Bonchev–Trinajstić information content (AvgIpc) is 2.91. The van der Waals surface area contributed by atoms with Crippen molar-refractivity contribution < 1.29 is 9.63 Å². The maximum Gasteiger partial charge on any atom is 0.269 e. The van der Waals surface area contributed by atoms with Crippen LogP contribution in [-0.2, 0) is 9.63 Å². The fourth-order valence-electron chi connectivity index (χ4n) is 3.04. The Bertz CT molecular complexity index is 608. The van der Waals surface area contributed by atoms with Gasteiger partial charge in [-0.25, -0.2) is 0 Å². The van der Waals surface area contributed by atoms with E-state index in [1.807, 2.05) is 36.1 Å². The minimum Gasteiger partial charge on any atom is -0.379 e. The maximum absolute atomic E-state index is 12.8. The van der Waals surface area contributed by atoms with Gasteiger partial charge in [0.05, 0.1) is 5.71 Å². The normalized spacial score (nSPS) is 25.8. The Kier molecular flexibility index (Phi) is 4.13. The summed E-state index contributed by atoms with van der Waals surface area (Å²) < 4.78 is 0. The number of benzene rings is 1. The molecule has 2 aliphatic rings. The van der Waals surface area contributed by atoms with Gasteiger partial charge in [-0.15, -0.1) is 0 Å². The molecule has 1 atom stereocenters. The van der Waals surface area contributed by atoms with E-state index < -0.39 is 5.60 Å². The molecule has 2 heterocycles. The van der Waals surface area contributed by atoms with Crippen molar-refractivity contribution in [3.8, 4) is 0 Å². The molecule has 1 saturated heterocycles. The van der Waals surface area contributed by atoms with Gasteiger partial charge >= 0.3 is 0 Å². The number of rotatable bonds is 2. The van der Waals surface area contributed by atoms with Crippen LogP contribution in [0.1, 0.15) is 38.7 Å². The first-order chi connectivity index (χ1) is 10.5. The zero-order chi connectivity index (χ0) is 15.7. The molecular formula is C17H21ClN2O2. The molecule has 0 spiro atoms. The van der Waals surface area contributed by atoms with E-state index in [1.54, 1.807) is 0 Å². The summed E-state index contributed by atoms with van der Waals surface area (Å²) in [6.45, 7) is 5.66. The summed E-state index contributed by atoms with van der Waals surface area (Å²) in [5.74, 6) is 0.724. The van der Waals surface area contributed by atoms with Gasteiger partial charge < -0.3 is 9.74 Å². The minimum absolute atomic E-state index is 0.0326. The summed E-state index contributed by atoms with van der Waals surface area (Å²) in [6, 6.07) is 7.51. The van der Waals surface area contributed by atoms with Crippen LogP contribution in [0.25, 0.3) is 0 Å². The Morgan fingerprint density at radius 3 is 2.73 bits per heavy atom. The van der Waals surface area contributed by atoms with Crippen LogP contribution < -0.4 is 0 Å². The second-order valence-electron chi connectivity index (χ2n) is 6.49. The smallest absolute Gasteiger partial charge is 0.269 e. The molecule has 3 rings (SSSR count). The Morgan fingerprint density at radius 2 is 2.05 bits per heavy atom. The number of hydrogen-bond donors (Lipinski definition) is 0. The molecule has 1 amide bonds. The van der Waals surface area contributed by atoms with Crippen LogP contribution in [0.4, 0.5) is 0 Å². The Morgan fingerprint density at radius 1 is 1.36 bits per heavy atom. The van der Waals surface area contributed by atoms with Gasteiger partial charge in [0, 0.05) is 30.1 Å². The summed E-state index contributed by atoms with van der Waals surface area (Å²) in [6.07, 6.45) is 2.57. The summed E-state index contributed by atoms with van der Waals surface area (Å²) in [5, 5.41) is 4.77. The number of hydrogen-bond acceptors (Lipinski definition) is 3. The number of amides is 1. The van der Waals surface area contributed by atoms with Crippen LogP contribution in [-0.4, -0.2) is 35.2 Å². The van der Waals surface area contributed by atoms with E-state index >= 15 is 0 Å². The Labute approximate surface area is 136 Å². The van der Waals surface area contributed by atoms with E-state index in [1.165, 1.54) is 0 Å². The molecule has 5 heteroatoms. The molecule has 118 valence electrons. The number of halogens is 1. The third-order valence-corrected chi connectivity index (χ3v) is 4.90. The highest BCUT2D eigenvalue weighted by atomic mass is 35.5. The molecule has 22 heavy (non-hydrogen) atoms. The highest BCUT2D eigenvalue weighted by molar-refractivity contribution is 6.34. The molecule has 0 bridgehead atoms. The molecule has 4 nitrogen and oxygen atoms in total. The second kappa shape index (κ2) is 5.92. The molecule has 0 radical (unpaired) electrons. The van der Waals surface area contributed by atoms with Crippen molar-refractivity contribution >= 4 is 23.2 Å². The molecule has 2 aliphatic heterocycles. The van der Waals surface area contributed by atoms with Crippen molar-refractivity contribution in [2.24, 2.45) is 11.1 Å². The van der Waals surface area contributed by atoms with Gasteiger partial charge in [0.1, 0.15) is 0 Å². The van der Waals surface area contributed by atoms with Crippen LogP contribution in [0, 0.1) is 5.92 Å². The van der Waals surface area contributed by atoms with Gasteiger partial charge in [-0.05, 0) is 31.7 Å². The van der Waals surface area contributed by atoms with Crippen LogP contribution in [0.5, 0.6) is 0 Å². The Balaban J connectivity index is 1.72. The van der Waals surface area contributed by atoms with Gasteiger partial charge in [-0.3, -0.25) is 4.79 Å². The van der Waals surface area contributed by atoms with Crippen molar-refractivity contribution in [3.63, 3.8) is 0 Å². The van der Waals surface area contributed by atoms with E-state index in [2.05, 4.69) is 12.1 Å². The average molecular weight is 321 g/mol. The van der Waals surface area contributed by atoms with Crippen molar-refractivity contribution in [2.45, 2.75) is 38.7 Å². The lowest BCUT2D eigenvalue weighted by Gasteiger charge is -2.34.